The summed E-state index contributed by atoms with van der Waals surface area (Å²) < 4.78 is 4.98. The zero-order chi connectivity index (χ0) is 23.2. The fourth-order valence-electron chi connectivity index (χ4n) is 3.60. The van der Waals surface area contributed by atoms with E-state index in [9.17, 15) is 14.4 Å². The van der Waals surface area contributed by atoms with Crippen LogP contribution in [0.4, 0.5) is 5.69 Å². The van der Waals surface area contributed by atoms with Crippen LogP contribution < -0.4 is 5.32 Å². The van der Waals surface area contributed by atoms with Crippen molar-refractivity contribution in [2.45, 2.75) is 25.8 Å². The van der Waals surface area contributed by atoms with Crippen molar-refractivity contribution >= 4 is 46.2 Å². The maximum atomic E-state index is 13.2. The number of amidine groups is 2. The van der Waals surface area contributed by atoms with Crippen LogP contribution in [0.15, 0.2) is 64.6 Å². The van der Waals surface area contributed by atoms with E-state index in [-0.39, 0.29) is 36.6 Å². The van der Waals surface area contributed by atoms with Crippen LogP contribution in [-0.4, -0.2) is 58.6 Å². The van der Waals surface area contributed by atoms with E-state index in [0.29, 0.717) is 29.7 Å². The number of hydrogen-bond donors (Lipinski definition) is 1. The minimum absolute atomic E-state index is 0.0243. The van der Waals surface area contributed by atoms with Crippen LogP contribution in [0, 0.1) is 0 Å². The van der Waals surface area contributed by atoms with E-state index in [4.69, 9.17) is 4.74 Å². The molecule has 0 bridgehead atoms. The highest BCUT2D eigenvalue weighted by Crippen LogP contribution is 2.34. The Balaban J connectivity index is 1.44. The van der Waals surface area contributed by atoms with Crippen LogP contribution in [0.5, 0.6) is 0 Å². The average Bonchev–Trinajstić information content (AvgIpc) is 3.14. The lowest BCUT2D eigenvalue weighted by Gasteiger charge is -2.25. The number of hydrogen-bond acceptors (Lipinski definition) is 7. The van der Waals surface area contributed by atoms with Gasteiger partial charge in [-0.25, -0.2) is 9.89 Å². The summed E-state index contributed by atoms with van der Waals surface area (Å²) in [4.78, 5) is 48.1. The normalized spacial score (nSPS) is 16.5. The van der Waals surface area contributed by atoms with Crippen molar-refractivity contribution < 1.29 is 19.1 Å². The second kappa shape index (κ2) is 10.4. The van der Waals surface area contributed by atoms with Gasteiger partial charge in [0.2, 0.25) is 5.91 Å². The number of esters is 1. The van der Waals surface area contributed by atoms with Crippen LogP contribution in [0.25, 0.3) is 0 Å². The lowest BCUT2D eigenvalue weighted by atomic mass is 10.1. The number of ether oxygens (including phenoxy) is 1. The molecular weight excluding hydrogens is 440 g/mol. The Morgan fingerprint density at radius 1 is 1.12 bits per heavy atom. The SMILES string of the molecule is CCOC(=O)CSC1=Nc2ccccc2C2=N[C@H](CC(=O)NCCc3ccccc3)C(=O)N12. The van der Waals surface area contributed by atoms with Gasteiger partial charge in [0.05, 0.1) is 24.5 Å². The number of benzene rings is 2. The van der Waals surface area contributed by atoms with Gasteiger partial charge in [-0.05, 0) is 31.0 Å². The number of carbonyl (C=O) groups is 3. The van der Waals surface area contributed by atoms with Crippen LogP contribution in [0.3, 0.4) is 0 Å². The van der Waals surface area contributed by atoms with Gasteiger partial charge in [-0.15, -0.1) is 0 Å². The van der Waals surface area contributed by atoms with Gasteiger partial charge < -0.3 is 10.1 Å². The van der Waals surface area contributed by atoms with Gasteiger partial charge in [-0.2, -0.15) is 0 Å². The van der Waals surface area contributed by atoms with E-state index in [2.05, 4.69) is 15.3 Å². The van der Waals surface area contributed by atoms with E-state index in [1.165, 1.54) is 4.90 Å². The van der Waals surface area contributed by atoms with Crippen LogP contribution in [-0.2, 0) is 25.5 Å². The molecule has 0 aromatic heterocycles. The Hall–Kier alpha value is -3.46. The molecule has 2 aliphatic heterocycles. The summed E-state index contributed by atoms with van der Waals surface area (Å²) in [5, 5.41) is 3.23. The third-order valence-electron chi connectivity index (χ3n) is 5.13. The average molecular weight is 465 g/mol. The molecule has 33 heavy (non-hydrogen) atoms. The molecule has 8 nitrogen and oxygen atoms in total. The first-order chi connectivity index (χ1) is 16.1. The van der Waals surface area contributed by atoms with Crippen molar-refractivity contribution in [2.75, 3.05) is 18.9 Å². The van der Waals surface area contributed by atoms with E-state index in [1.54, 1.807) is 6.92 Å². The molecule has 2 aromatic rings. The molecule has 0 saturated carbocycles. The molecule has 2 aliphatic rings. The van der Waals surface area contributed by atoms with Gasteiger partial charge in [0.15, 0.2) is 5.17 Å². The van der Waals surface area contributed by atoms with Crippen molar-refractivity contribution in [3.05, 3.63) is 65.7 Å². The first-order valence-electron chi connectivity index (χ1n) is 10.8. The summed E-state index contributed by atoms with van der Waals surface area (Å²) in [6.07, 6.45) is 0.659. The zero-order valence-corrected chi connectivity index (χ0v) is 19.0. The van der Waals surface area contributed by atoms with Gasteiger partial charge in [0.1, 0.15) is 11.9 Å². The summed E-state index contributed by atoms with van der Waals surface area (Å²) in [5.74, 6) is -0.467. The smallest absolute Gasteiger partial charge is 0.316 e. The number of para-hydroxylation sites is 1. The van der Waals surface area contributed by atoms with E-state index >= 15 is 0 Å². The number of nitrogens with one attached hydrogen (secondary N) is 1. The van der Waals surface area contributed by atoms with Gasteiger partial charge in [-0.3, -0.25) is 19.4 Å². The first kappa shape index (κ1) is 22.7. The van der Waals surface area contributed by atoms with Crippen LogP contribution in [0.1, 0.15) is 24.5 Å². The quantitative estimate of drug-likeness (QED) is 0.606. The topological polar surface area (TPSA) is 100 Å². The van der Waals surface area contributed by atoms with Gasteiger partial charge in [0.25, 0.3) is 5.91 Å². The Bertz CT molecular complexity index is 1120. The summed E-state index contributed by atoms with van der Waals surface area (Å²) in [6, 6.07) is 16.4. The van der Waals surface area contributed by atoms with Gasteiger partial charge in [0, 0.05) is 12.1 Å². The zero-order valence-electron chi connectivity index (χ0n) is 18.2. The second-order valence-corrected chi connectivity index (χ2v) is 8.38. The highest BCUT2D eigenvalue weighted by Gasteiger charge is 2.42. The molecule has 0 spiro atoms. The van der Waals surface area contributed by atoms with E-state index < -0.39 is 6.04 Å². The second-order valence-electron chi connectivity index (χ2n) is 7.44. The molecule has 170 valence electrons. The number of fused-ring (bicyclic) bond motifs is 3. The molecule has 0 aliphatic carbocycles. The van der Waals surface area contributed by atoms with Crippen molar-refractivity contribution in [1.29, 1.82) is 0 Å². The van der Waals surface area contributed by atoms with Crippen LogP contribution in [0.2, 0.25) is 0 Å². The molecule has 0 unspecified atom stereocenters. The highest BCUT2D eigenvalue weighted by molar-refractivity contribution is 8.14. The van der Waals surface area contributed by atoms with Crippen molar-refractivity contribution in [1.82, 2.24) is 10.2 Å². The maximum Gasteiger partial charge on any atom is 0.316 e. The Morgan fingerprint density at radius 2 is 1.88 bits per heavy atom. The Labute approximate surface area is 196 Å². The third-order valence-corrected chi connectivity index (χ3v) is 6.04. The monoisotopic (exact) mass is 464 g/mol. The lowest BCUT2D eigenvalue weighted by Crippen LogP contribution is -2.42. The molecule has 2 heterocycles. The summed E-state index contributed by atoms with van der Waals surface area (Å²) in [7, 11) is 0. The summed E-state index contributed by atoms with van der Waals surface area (Å²) in [6.45, 7) is 2.50. The third kappa shape index (κ3) is 5.31. The largest absolute Gasteiger partial charge is 0.465 e. The number of amides is 2. The molecule has 4 rings (SSSR count). The summed E-state index contributed by atoms with van der Waals surface area (Å²) >= 11 is 1.12. The maximum absolute atomic E-state index is 13.2. The molecule has 1 atom stereocenters. The van der Waals surface area contributed by atoms with E-state index in [1.807, 2.05) is 54.6 Å². The van der Waals surface area contributed by atoms with Gasteiger partial charge in [-0.1, -0.05) is 54.2 Å². The fraction of sp³-hybridized carbons (Fsp3) is 0.292. The van der Waals surface area contributed by atoms with Crippen LogP contribution >= 0.6 is 11.8 Å². The Kier molecular flexibility index (Phi) is 7.19. The number of rotatable bonds is 8. The molecule has 2 amide bonds. The minimum Gasteiger partial charge on any atom is -0.465 e. The van der Waals surface area contributed by atoms with Gasteiger partial charge >= 0.3 is 5.97 Å². The van der Waals surface area contributed by atoms with Crippen molar-refractivity contribution in [3.63, 3.8) is 0 Å². The molecule has 9 heteroatoms. The highest BCUT2D eigenvalue weighted by atomic mass is 32.2. The molecule has 0 radical (unpaired) electrons. The minimum atomic E-state index is -0.837. The first-order valence-corrected chi connectivity index (χ1v) is 11.7. The van der Waals surface area contributed by atoms with Crippen molar-refractivity contribution in [2.24, 2.45) is 9.98 Å². The van der Waals surface area contributed by atoms with E-state index in [0.717, 1.165) is 22.9 Å². The number of carbonyl (C=O) groups excluding carboxylic acids is 3. The molecule has 2 aromatic carbocycles. The number of aliphatic imine (C=N–C) groups is 2. The summed E-state index contributed by atoms with van der Waals surface area (Å²) in [5.41, 5.74) is 2.51. The molecular formula is C24H24N4O4S. The molecule has 0 fully saturated rings. The fourth-order valence-corrected chi connectivity index (χ4v) is 4.40. The predicted octanol–water partition coefficient (Wildman–Crippen LogP) is 2.69. The predicted molar refractivity (Wildman–Crippen MR) is 128 cm³/mol. The molecule has 1 N–H and O–H groups in total. The lowest BCUT2D eigenvalue weighted by molar-refractivity contribution is -0.139. The van der Waals surface area contributed by atoms with Crippen molar-refractivity contribution in [3.8, 4) is 0 Å². The molecule has 0 saturated heterocycles. The standard InChI is InChI=1S/C24H24N4O4S/c1-2-32-21(30)15-33-24-27-18-11-7-6-10-17(18)22-26-19(23(31)28(22)24)14-20(29)25-13-12-16-8-4-3-5-9-16/h3-11,19H,2,12-15H2,1H3,(H,25,29)/t19-/m1/s1. The Morgan fingerprint density at radius 3 is 2.67 bits per heavy atom. The number of thioether (sulfide) groups is 1. The number of nitrogens with zero attached hydrogens (tertiary/aromatic N) is 3.